The molecule has 0 spiro atoms. The van der Waals surface area contributed by atoms with Crippen molar-refractivity contribution in [3.63, 3.8) is 0 Å². The minimum absolute atomic E-state index is 0.278. The first kappa shape index (κ1) is 16.6. The number of hydrogen-bond donors (Lipinski definition) is 2. The van der Waals surface area contributed by atoms with Crippen LogP contribution in [0, 0.1) is 0 Å². The number of ether oxygens (including phenoxy) is 2. The molecule has 0 aliphatic rings. The van der Waals surface area contributed by atoms with Crippen molar-refractivity contribution in [3.8, 4) is 0 Å². The Morgan fingerprint density at radius 3 is 1.88 bits per heavy atom. The van der Waals surface area contributed by atoms with Gasteiger partial charge in [-0.1, -0.05) is 13.8 Å². The van der Waals surface area contributed by atoms with E-state index in [4.69, 9.17) is 9.47 Å². The molecule has 0 amide bonds. The normalized spacial score (nSPS) is 17.1. The van der Waals surface area contributed by atoms with Gasteiger partial charge in [-0.2, -0.15) is 25.3 Å². The molecule has 2 nitrogen and oxygen atoms in total. The van der Waals surface area contributed by atoms with Crippen molar-refractivity contribution < 1.29 is 9.47 Å². The second-order valence-corrected chi connectivity index (χ2v) is 6.12. The van der Waals surface area contributed by atoms with Crippen LogP contribution < -0.4 is 0 Å². The molecular weight excluding hydrogens is 240 g/mol. The highest BCUT2D eigenvalue weighted by atomic mass is 32.1. The van der Waals surface area contributed by atoms with Gasteiger partial charge in [0.15, 0.2) is 0 Å². The third-order valence-corrected chi connectivity index (χ3v) is 2.80. The van der Waals surface area contributed by atoms with Crippen LogP contribution in [-0.2, 0) is 9.47 Å². The molecular formula is C12H26O2S2. The van der Waals surface area contributed by atoms with E-state index < -0.39 is 0 Å². The van der Waals surface area contributed by atoms with Crippen LogP contribution in [0.25, 0.3) is 0 Å². The molecule has 16 heavy (non-hydrogen) atoms. The van der Waals surface area contributed by atoms with E-state index in [9.17, 15) is 0 Å². The fourth-order valence-electron chi connectivity index (χ4n) is 1.13. The second kappa shape index (κ2) is 10.8. The van der Waals surface area contributed by atoms with Crippen LogP contribution >= 0.6 is 25.3 Å². The van der Waals surface area contributed by atoms with E-state index in [-0.39, 0.29) is 6.10 Å². The van der Waals surface area contributed by atoms with Crippen molar-refractivity contribution in [2.75, 3.05) is 19.8 Å². The molecule has 0 saturated carbocycles. The molecule has 4 heteroatoms. The van der Waals surface area contributed by atoms with Gasteiger partial charge in [0.05, 0.1) is 6.10 Å². The Labute approximate surface area is 111 Å². The third-order valence-electron chi connectivity index (χ3n) is 2.29. The lowest BCUT2D eigenvalue weighted by Gasteiger charge is -2.14. The smallest absolute Gasteiger partial charge is 0.0568 e. The maximum atomic E-state index is 5.64. The van der Waals surface area contributed by atoms with Crippen molar-refractivity contribution >= 4 is 25.3 Å². The Kier molecular flexibility index (Phi) is 11.2. The minimum atomic E-state index is 0.278. The van der Waals surface area contributed by atoms with E-state index in [2.05, 4.69) is 46.0 Å². The summed E-state index contributed by atoms with van der Waals surface area (Å²) in [5, 5.41) is 0.839. The summed E-state index contributed by atoms with van der Waals surface area (Å²) >= 11 is 8.60. The molecule has 0 N–H and O–H groups in total. The predicted octanol–water partition coefficient (Wildman–Crippen LogP) is 3.22. The summed E-state index contributed by atoms with van der Waals surface area (Å²) in [6, 6.07) is 0. The lowest BCUT2D eigenvalue weighted by Crippen LogP contribution is -2.14. The van der Waals surface area contributed by atoms with Gasteiger partial charge in [0, 0.05) is 30.3 Å². The lowest BCUT2D eigenvalue weighted by molar-refractivity contribution is 0.0305. The lowest BCUT2D eigenvalue weighted by atomic mass is 10.3. The van der Waals surface area contributed by atoms with Crippen molar-refractivity contribution in [2.45, 2.75) is 56.6 Å². The molecule has 0 aromatic carbocycles. The van der Waals surface area contributed by atoms with Crippen molar-refractivity contribution in [3.05, 3.63) is 0 Å². The molecule has 0 saturated heterocycles. The molecule has 0 bridgehead atoms. The van der Waals surface area contributed by atoms with E-state index in [1.807, 2.05) is 0 Å². The van der Waals surface area contributed by atoms with E-state index in [0.29, 0.717) is 10.5 Å². The van der Waals surface area contributed by atoms with Crippen LogP contribution in [0.2, 0.25) is 0 Å². The zero-order valence-electron chi connectivity index (χ0n) is 10.7. The van der Waals surface area contributed by atoms with Crippen LogP contribution in [0.3, 0.4) is 0 Å². The van der Waals surface area contributed by atoms with Gasteiger partial charge in [0.25, 0.3) is 0 Å². The van der Waals surface area contributed by atoms with Gasteiger partial charge < -0.3 is 9.47 Å². The fourth-order valence-corrected chi connectivity index (χ4v) is 1.34. The maximum Gasteiger partial charge on any atom is 0.0568 e. The Balaban J connectivity index is 3.20. The maximum absolute atomic E-state index is 5.64. The number of thiol groups is 2. The highest BCUT2D eigenvalue weighted by molar-refractivity contribution is 7.81. The standard InChI is InChI=1S/C12H26O2S2/c1-10(14-9-6-12(3)16)4-7-13-8-5-11(2)15/h10-12,15-16H,4-9H2,1-3H3. The zero-order chi connectivity index (χ0) is 12.4. The summed E-state index contributed by atoms with van der Waals surface area (Å²) in [4.78, 5) is 0. The van der Waals surface area contributed by atoms with Crippen molar-refractivity contribution in [1.82, 2.24) is 0 Å². The van der Waals surface area contributed by atoms with E-state index >= 15 is 0 Å². The topological polar surface area (TPSA) is 18.5 Å². The first-order valence-electron chi connectivity index (χ1n) is 6.07. The molecule has 3 atom stereocenters. The van der Waals surface area contributed by atoms with E-state index in [1.54, 1.807) is 0 Å². The van der Waals surface area contributed by atoms with Crippen molar-refractivity contribution in [2.24, 2.45) is 0 Å². The molecule has 0 aliphatic carbocycles. The third kappa shape index (κ3) is 12.7. The van der Waals surface area contributed by atoms with E-state index in [0.717, 1.165) is 39.1 Å². The van der Waals surface area contributed by atoms with Gasteiger partial charge in [0.1, 0.15) is 0 Å². The van der Waals surface area contributed by atoms with Crippen LogP contribution in [-0.4, -0.2) is 36.4 Å². The molecule has 0 heterocycles. The molecule has 98 valence electrons. The van der Waals surface area contributed by atoms with Gasteiger partial charge in [-0.25, -0.2) is 0 Å². The Morgan fingerprint density at radius 1 is 0.812 bits per heavy atom. The first-order chi connectivity index (χ1) is 7.52. The van der Waals surface area contributed by atoms with Gasteiger partial charge >= 0.3 is 0 Å². The van der Waals surface area contributed by atoms with Gasteiger partial charge in [-0.05, 0) is 26.2 Å². The van der Waals surface area contributed by atoms with Crippen LogP contribution in [0.5, 0.6) is 0 Å². The molecule has 0 fully saturated rings. The summed E-state index contributed by atoms with van der Waals surface area (Å²) in [6.07, 6.45) is 3.25. The summed E-state index contributed by atoms with van der Waals surface area (Å²) in [5.41, 5.74) is 0. The molecule has 0 aromatic heterocycles. The monoisotopic (exact) mass is 266 g/mol. The predicted molar refractivity (Wildman–Crippen MR) is 77.0 cm³/mol. The van der Waals surface area contributed by atoms with Crippen LogP contribution in [0.15, 0.2) is 0 Å². The van der Waals surface area contributed by atoms with Crippen molar-refractivity contribution in [1.29, 1.82) is 0 Å². The summed E-state index contributed by atoms with van der Waals surface area (Å²) in [6.45, 7) is 8.62. The quantitative estimate of drug-likeness (QED) is 0.467. The highest BCUT2D eigenvalue weighted by Gasteiger charge is 2.03. The number of hydrogen-bond acceptors (Lipinski definition) is 4. The fraction of sp³-hybridized carbons (Fsp3) is 1.00. The second-order valence-electron chi connectivity index (χ2n) is 4.36. The zero-order valence-corrected chi connectivity index (χ0v) is 12.5. The van der Waals surface area contributed by atoms with Crippen LogP contribution in [0.1, 0.15) is 40.0 Å². The minimum Gasteiger partial charge on any atom is -0.381 e. The largest absolute Gasteiger partial charge is 0.381 e. The SMILES string of the molecule is CC(S)CCOCCC(C)OCCC(C)S. The Morgan fingerprint density at radius 2 is 1.31 bits per heavy atom. The van der Waals surface area contributed by atoms with Crippen LogP contribution in [0.4, 0.5) is 0 Å². The molecule has 3 unspecified atom stereocenters. The van der Waals surface area contributed by atoms with Gasteiger partial charge in [0.2, 0.25) is 0 Å². The molecule has 0 aromatic rings. The average molecular weight is 266 g/mol. The number of rotatable bonds is 10. The van der Waals surface area contributed by atoms with E-state index in [1.165, 1.54) is 0 Å². The summed E-state index contributed by atoms with van der Waals surface area (Å²) in [5.74, 6) is 0. The first-order valence-corrected chi connectivity index (χ1v) is 7.11. The average Bonchev–Trinajstić information content (AvgIpc) is 2.16. The molecule has 0 radical (unpaired) electrons. The Hall–Kier alpha value is 0.620. The summed E-state index contributed by atoms with van der Waals surface area (Å²) in [7, 11) is 0. The Bertz CT molecular complexity index is 152. The van der Waals surface area contributed by atoms with Gasteiger partial charge in [-0.15, -0.1) is 0 Å². The highest BCUT2D eigenvalue weighted by Crippen LogP contribution is 2.04. The molecule has 0 rings (SSSR count). The summed E-state index contributed by atoms with van der Waals surface area (Å²) < 4.78 is 11.1. The van der Waals surface area contributed by atoms with Gasteiger partial charge in [-0.3, -0.25) is 0 Å². The molecule has 0 aliphatic heterocycles.